The van der Waals surface area contributed by atoms with Crippen LogP contribution in [0.1, 0.15) is 5.56 Å². The van der Waals surface area contributed by atoms with Crippen LogP contribution in [-0.2, 0) is 16.6 Å². The van der Waals surface area contributed by atoms with Gasteiger partial charge < -0.3 is 5.11 Å². The standard InChI is InChI=1S/C13H10BrClFNO3S/c14-10-3-1-8(7-18)5-13(10)21(19,20)17-9-2-4-12(16)11(15)6-9/h1-6,17-18H,7H2. The topological polar surface area (TPSA) is 66.4 Å². The maximum atomic E-state index is 13.1. The molecule has 0 aromatic heterocycles. The molecule has 2 aromatic carbocycles. The molecule has 8 heteroatoms. The molecule has 112 valence electrons. The van der Waals surface area contributed by atoms with Gasteiger partial charge in [0.1, 0.15) is 10.7 Å². The molecule has 0 amide bonds. The second-order valence-corrected chi connectivity index (χ2v) is 7.07. The van der Waals surface area contributed by atoms with Crippen molar-refractivity contribution < 1.29 is 17.9 Å². The molecule has 0 fully saturated rings. The van der Waals surface area contributed by atoms with Gasteiger partial charge in [-0.2, -0.15) is 0 Å². The lowest BCUT2D eigenvalue weighted by Gasteiger charge is -2.11. The summed E-state index contributed by atoms with van der Waals surface area (Å²) in [7, 11) is -3.90. The minimum absolute atomic E-state index is 0.0329. The fraction of sp³-hybridized carbons (Fsp3) is 0.0769. The summed E-state index contributed by atoms with van der Waals surface area (Å²) in [5, 5.41) is 8.90. The normalized spacial score (nSPS) is 11.4. The van der Waals surface area contributed by atoms with Crippen LogP contribution in [0.15, 0.2) is 45.8 Å². The number of rotatable bonds is 4. The van der Waals surface area contributed by atoms with Crippen LogP contribution in [0, 0.1) is 5.82 Å². The smallest absolute Gasteiger partial charge is 0.263 e. The van der Waals surface area contributed by atoms with Crippen molar-refractivity contribution in [2.24, 2.45) is 0 Å². The quantitative estimate of drug-likeness (QED) is 0.833. The van der Waals surface area contributed by atoms with Gasteiger partial charge in [0, 0.05) is 4.47 Å². The average Bonchev–Trinajstić information content (AvgIpc) is 2.43. The maximum Gasteiger partial charge on any atom is 0.263 e. The molecule has 0 saturated heterocycles. The molecule has 0 saturated carbocycles. The lowest BCUT2D eigenvalue weighted by atomic mass is 10.2. The predicted molar refractivity (Wildman–Crippen MR) is 82.3 cm³/mol. The number of sulfonamides is 1. The highest BCUT2D eigenvalue weighted by Crippen LogP contribution is 2.27. The number of hydrogen-bond donors (Lipinski definition) is 2. The molecule has 0 aliphatic rings. The van der Waals surface area contributed by atoms with E-state index < -0.39 is 15.8 Å². The zero-order valence-corrected chi connectivity index (χ0v) is 13.6. The minimum Gasteiger partial charge on any atom is -0.392 e. The third kappa shape index (κ3) is 3.74. The number of hydrogen-bond acceptors (Lipinski definition) is 3. The summed E-state index contributed by atoms with van der Waals surface area (Å²) in [4.78, 5) is -0.0329. The summed E-state index contributed by atoms with van der Waals surface area (Å²) in [6.07, 6.45) is 0. The second-order valence-electron chi connectivity index (χ2n) is 4.16. The van der Waals surface area contributed by atoms with Gasteiger partial charge in [0.25, 0.3) is 10.0 Å². The van der Waals surface area contributed by atoms with Crippen LogP contribution in [0.4, 0.5) is 10.1 Å². The number of benzene rings is 2. The zero-order chi connectivity index (χ0) is 15.6. The van der Waals surface area contributed by atoms with Crippen molar-refractivity contribution >= 4 is 43.2 Å². The summed E-state index contributed by atoms with van der Waals surface area (Å²) in [5.41, 5.74) is 0.596. The highest BCUT2D eigenvalue weighted by atomic mass is 79.9. The fourth-order valence-electron chi connectivity index (χ4n) is 1.62. The van der Waals surface area contributed by atoms with Crippen molar-refractivity contribution in [1.82, 2.24) is 0 Å². The Labute approximate surface area is 134 Å². The van der Waals surface area contributed by atoms with Crippen molar-refractivity contribution in [3.63, 3.8) is 0 Å². The van der Waals surface area contributed by atoms with Crippen LogP contribution in [0.3, 0.4) is 0 Å². The van der Waals surface area contributed by atoms with Crippen LogP contribution in [0.2, 0.25) is 5.02 Å². The van der Waals surface area contributed by atoms with Gasteiger partial charge in [-0.25, -0.2) is 12.8 Å². The van der Waals surface area contributed by atoms with Crippen molar-refractivity contribution in [1.29, 1.82) is 0 Å². The number of anilines is 1. The Balaban J connectivity index is 2.40. The van der Waals surface area contributed by atoms with E-state index in [-0.39, 0.29) is 22.2 Å². The number of halogens is 3. The van der Waals surface area contributed by atoms with Crippen LogP contribution < -0.4 is 4.72 Å². The molecule has 2 aromatic rings. The number of nitrogens with one attached hydrogen (secondary N) is 1. The number of aliphatic hydroxyl groups is 1. The van der Waals surface area contributed by atoms with Crippen LogP contribution in [0.5, 0.6) is 0 Å². The van der Waals surface area contributed by atoms with Gasteiger partial charge in [-0.3, -0.25) is 4.72 Å². The summed E-state index contributed by atoms with van der Waals surface area (Å²) in [6.45, 7) is -0.280. The largest absolute Gasteiger partial charge is 0.392 e. The molecule has 0 spiro atoms. The first-order chi connectivity index (χ1) is 9.83. The lowest BCUT2D eigenvalue weighted by Crippen LogP contribution is -2.14. The van der Waals surface area contributed by atoms with E-state index in [0.29, 0.717) is 10.0 Å². The van der Waals surface area contributed by atoms with Gasteiger partial charge in [0.05, 0.1) is 17.3 Å². The van der Waals surface area contributed by atoms with E-state index in [2.05, 4.69) is 20.7 Å². The van der Waals surface area contributed by atoms with Gasteiger partial charge >= 0.3 is 0 Å². The van der Waals surface area contributed by atoms with Gasteiger partial charge in [-0.05, 0) is 51.8 Å². The van der Waals surface area contributed by atoms with Gasteiger partial charge in [-0.1, -0.05) is 17.7 Å². The molecule has 2 rings (SSSR count). The first-order valence-electron chi connectivity index (χ1n) is 5.70. The Bertz CT molecular complexity index is 783. The first-order valence-corrected chi connectivity index (χ1v) is 8.36. The Morgan fingerprint density at radius 1 is 1.24 bits per heavy atom. The molecule has 2 N–H and O–H groups in total. The van der Waals surface area contributed by atoms with E-state index in [9.17, 15) is 12.8 Å². The van der Waals surface area contributed by atoms with Crippen molar-refractivity contribution in [2.45, 2.75) is 11.5 Å². The highest BCUT2D eigenvalue weighted by molar-refractivity contribution is 9.10. The molecular formula is C13H10BrClFNO3S. The summed E-state index contributed by atoms with van der Waals surface area (Å²) in [5.74, 6) is -0.636. The highest BCUT2D eigenvalue weighted by Gasteiger charge is 2.19. The monoisotopic (exact) mass is 393 g/mol. The van der Waals surface area contributed by atoms with Crippen LogP contribution in [0.25, 0.3) is 0 Å². The van der Waals surface area contributed by atoms with Gasteiger partial charge in [0.2, 0.25) is 0 Å². The van der Waals surface area contributed by atoms with E-state index in [1.54, 1.807) is 6.07 Å². The van der Waals surface area contributed by atoms with Crippen LogP contribution >= 0.6 is 27.5 Å². The van der Waals surface area contributed by atoms with Crippen molar-refractivity contribution in [3.05, 3.63) is 57.3 Å². The van der Waals surface area contributed by atoms with E-state index in [1.807, 2.05) is 0 Å². The molecule has 4 nitrogen and oxygen atoms in total. The second kappa shape index (κ2) is 6.31. The molecule has 21 heavy (non-hydrogen) atoms. The molecule has 0 unspecified atom stereocenters. The average molecular weight is 395 g/mol. The van der Waals surface area contributed by atoms with E-state index in [1.165, 1.54) is 24.3 Å². The SMILES string of the molecule is O=S(=O)(Nc1ccc(F)c(Cl)c1)c1cc(CO)ccc1Br. The van der Waals surface area contributed by atoms with E-state index >= 15 is 0 Å². The summed E-state index contributed by atoms with van der Waals surface area (Å²) < 4.78 is 40.4. The van der Waals surface area contributed by atoms with Crippen molar-refractivity contribution in [3.8, 4) is 0 Å². The minimum atomic E-state index is -3.90. The van der Waals surface area contributed by atoms with E-state index in [0.717, 1.165) is 6.07 Å². The Morgan fingerprint density at radius 3 is 2.57 bits per heavy atom. The summed E-state index contributed by atoms with van der Waals surface area (Å²) >= 11 is 8.76. The van der Waals surface area contributed by atoms with Gasteiger partial charge in [0.15, 0.2) is 0 Å². The predicted octanol–water partition coefficient (Wildman–Crippen LogP) is 3.53. The third-order valence-electron chi connectivity index (χ3n) is 2.64. The van der Waals surface area contributed by atoms with Gasteiger partial charge in [-0.15, -0.1) is 0 Å². The molecule has 0 radical (unpaired) electrons. The van der Waals surface area contributed by atoms with E-state index in [4.69, 9.17) is 16.7 Å². The lowest BCUT2D eigenvalue weighted by molar-refractivity contribution is 0.281. The molecular weight excluding hydrogens is 385 g/mol. The Kier molecular flexibility index (Phi) is 4.88. The fourth-order valence-corrected chi connectivity index (χ4v) is 3.87. The third-order valence-corrected chi connectivity index (χ3v) is 5.30. The van der Waals surface area contributed by atoms with Crippen LogP contribution in [-0.4, -0.2) is 13.5 Å². The zero-order valence-electron chi connectivity index (χ0n) is 10.5. The maximum absolute atomic E-state index is 13.1. The molecule has 0 heterocycles. The van der Waals surface area contributed by atoms with Crippen molar-refractivity contribution in [2.75, 3.05) is 4.72 Å². The molecule has 0 aliphatic heterocycles. The Hall–Kier alpha value is -1.15. The molecule has 0 atom stereocenters. The molecule has 0 aliphatic carbocycles. The molecule has 0 bridgehead atoms. The Morgan fingerprint density at radius 2 is 1.95 bits per heavy atom. The first kappa shape index (κ1) is 16.2. The summed E-state index contributed by atoms with van der Waals surface area (Å²) in [6, 6.07) is 7.98. The number of aliphatic hydroxyl groups excluding tert-OH is 1.